The molecule has 0 saturated carbocycles. The highest BCUT2D eigenvalue weighted by Gasteiger charge is 2.17. The van der Waals surface area contributed by atoms with E-state index in [0.717, 1.165) is 30.0 Å². The number of nitrogens with zero attached hydrogens (tertiary/aromatic N) is 1. The third-order valence-electron chi connectivity index (χ3n) is 2.24. The molecule has 0 aliphatic heterocycles. The van der Waals surface area contributed by atoms with Gasteiger partial charge in [-0.05, 0) is 18.4 Å². The highest BCUT2D eigenvalue weighted by atomic mass is 32.2. The van der Waals surface area contributed by atoms with E-state index in [1.54, 1.807) is 6.26 Å². The van der Waals surface area contributed by atoms with Gasteiger partial charge in [-0.3, -0.25) is 0 Å². The number of benzene rings is 1. The van der Waals surface area contributed by atoms with E-state index in [9.17, 15) is 13.6 Å². The molecule has 2 rings (SSSR count). The molecule has 1 aromatic carbocycles. The fourth-order valence-electron chi connectivity index (χ4n) is 1.38. The van der Waals surface area contributed by atoms with Crippen molar-refractivity contribution in [1.82, 2.24) is 5.16 Å². The van der Waals surface area contributed by atoms with Crippen LogP contribution in [-0.2, 0) is 0 Å². The van der Waals surface area contributed by atoms with Gasteiger partial charge >= 0.3 is 5.97 Å². The topological polar surface area (TPSA) is 63.3 Å². The lowest BCUT2D eigenvalue weighted by Crippen LogP contribution is -1.94. The molecule has 1 aromatic heterocycles. The minimum Gasteiger partial charge on any atom is -0.476 e. The number of rotatable bonds is 3. The van der Waals surface area contributed by atoms with Crippen LogP contribution in [0.3, 0.4) is 0 Å². The zero-order valence-corrected chi connectivity index (χ0v) is 9.92. The molecule has 1 heterocycles. The van der Waals surface area contributed by atoms with Gasteiger partial charge in [0.25, 0.3) is 0 Å². The Hall–Kier alpha value is -1.89. The van der Waals surface area contributed by atoms with Gasteiger partial charge in [0.2, 0.25) is 0 Å². The van der Waals surface area contributed by atoms with Crippen LogP contribution in [-0.4, -0.2) is 22.5 Å². The van der Waals surface area contributed by atoms with Gasteiger partial charge in [0, 0.05) is 11.0 Å². The molecule has 2 aromatic rings. The van der Waals surface area contributed by atoms with Gasteiger partial charge in [-0.1, -0.05) is 5.16 Å². The number of carboxylic acid groups (broad SMARTS) is 1. The Morgan fingerprint density at radius 3 is 2.61 bits per heavy atom. The molecule has 0 unspecified atom stereocenters. The van der Waals surface area contributed by atoms with Gasteiger partial charge in [-0.25, -0.2) is 13.6 Å². The van der Waals surface area contributed by atoms with E-state index < -0.39 is 17.6 Å². The first kappa shape index (κ1) is 12.6. The molecule has 0 saturated heterocycles. The summed E-state index contributed by atoms with van der Waals surface area (Å²) in [5.41, 5.74) is -0.524. The van der Waals surface area contributed by atoms with E-state index in [-0.39, 0.29) is 21.9 Å². The molecule has 0 aliphatic carbocycles. The molecule has 94 valence electrons. The summed E-state index contributed by atoms with van der Waals surface area (Å²) in [6.07, 6.45) is 1.62. The molecule has 7 heteroatoms. The van der Waals surface area contributed by atoms with Crippen LogP contribution in [0.4, 0.5) is 8.78 Å². The number of hydrogen-bond donors (Lipinski definition) is 1. The van der Waals surface area contributed by atoms with Crippen molar-refractivity contribution >= 4 is 17.7 Å². The maximum Gasteiger partial charge on any atom is 0.358 e. The lowest BCUT2D eigenvalue weighted by molar-refractivity contribution is 0.0686. The van der Waals surface area contributed by atoms with E-state index >= 15 is 0 Å². The Kier molecular flexibility index (Phi) is 3.33. The number of aromatic nitrogens is 1. The highest BCUT2D eigenvalue weighted by molar-refractivity contribution is 7.98. The maximum absolute atomic E-state index is 13.7. The summed E-state index contributed by atoms with van der Waals surface area (Å²) in [7, 11) is 0. The average molecular weight is 271 g/mol. The monoisotopic (exact) mass is 271 g/mol. The predicted octanol–water partition coefficient (Wildman–Crippen LogP) is 3.04. The van der Waals surface area contributed by atoms with Crippen molar-refractivity contribution in [2.24, 2.45) is 0 Å². The Labute approximate surface area is 105 Å². The second-order valence-electron chi connectivity index (χ2n) is 3.35. The minimum atomic E-state index is -1.30. The summed E-state index contributed by atoms with van der Waals surface area (Å²) >= 11 is 1.07. The lowest BCUT2D eigenvalue weighted by atomic mass is 10.1. The van der Waals surface area contributed by atoms with Gasteiger partial charge in [-0.15, -0.1) is 11.8 Å². The van der Waals surface area contributed by atoms with Crippen molar-refractivity contribution in [2.45, 2.75) is 4.90 Å². The number of carbonyl (C=O) groups is 1. The summed E-state index contributed by atoms with van der Waals surface area (Å²) in [6.45, 7) is 0. The fraction of sp³-hybridized carbons (Fsp3) is 0.0909. The van der Waals surface area contributed by atoms with E-state index in [0.29, 0.717) is 0 Å². The van der Waals surface area contributed by atoms with Gasteiger partial charge in [-0.2, -0.15) is 0 Å². The van der Waals surface area contributed by atoms with Crippen LogP contribution < -0.4 is 0 Å². The molecule has 0 aliphatic rings. The Bertz CT molecular complexity index is 612. The average Bonchev–Trinajstić information content (AvgIpc) is 2.81. The third-order valence-corrected chi connectivity index (χ3v) is 2.99. The van der Waals surface area contributed by atoms with Gasteiger partial charge in [0.05, 0.1) is 5.56 Å². The van der Waals surface area contributed by atoms with Crippen LogP contribution >= 0.6 is 11.8 Å². The summed E-state index contributed by atoms with van der Waals surface area (Å²) in [5, 5.41) is 11.9. The van der Waals surface area contributed by atoms with Crippen molar-refractivity contribution in [3.63, 3.8) is 0 Å². The first-order valence-corrected chi connectivity index (χ1v) is 5.99. The molecule has 0 spiro atoms. The molecule has 0 fully saturated rings. The van der Waals surface area contributed by atoms with E-state index in [1.165, 1.54) is 0 Å². The Morgan fingerprint density at radius 2 is 2.06 bits per heavy atom. The second kappa shape index (κ2) is 4.77. The van der Waals surface area contributed by atoms with Crippen LogP contribution in [0.25, 0.3) is 11.3 Å². The zero-order valence-electron chi connectivity index (χ0n) is 9.11. The standard InChI is InChI=1S/C11H7F2NO3S/c1-18-10-3-6(12)5(2-7(10)13)9-4-8(11(15)16)14-17-9/h2-4H,1H3,(H,15,16). The number of halogens is 2. The van der Waals surface area contributed by atoms with Crippen LogP contribution in [0.15, 0.2) is 27.6 Å². The second-order valence-corrected chi connectivity index (χ2v) is 4.20. The summed E-state index contributed by atoms with van der Waals surface area (Å²) < 4.78 is 31.9. The largest absolute Gasteiger partial charge is 0.476 e. The van der Waals surface area contributed by atoms with Gasteiger partial charge < -0.3 is 9.63 Å². The van der Waals surface area contributed by atoms with Crippen LogP contribution in [0.5, 0.6) is 0 Å². The first-order chi connectivity index (χ1) is 8.52. The number of aromatic carboxylic acids is 1. The third kappa shape index (κ3) is 2.21. The van der Waals surface area contributed by atoms with E-state index in [1.807, 2.05) is 0 Å². The lowest BCUT2D eigenvalue weighted by Gasteiger charge is -2.03. The number of thioether (sulfide) groups is 1. The minimum absolute atomic E-state index is 0.128. The number of carboxylic acids is 1. The zero-order chi connectivity index (χ0) is 13.3. The fourth-order valence-corrected chi connectivity index (χ4v) is 1.85. The first-order valence-electron chi connectivity index (χ1n) is 4.76. The van der Waals surface area contributed by atoms with Gasteiger partial charge in [0.1, 0.15) is 11.6 Å². The van der Waals surface area contributed by atoms with Gasteiger partial charge in [0.15, 0.2) is 11.5 Å². The van der Waals surface area contributed by atoms with E-state index in [4.69, 9.17) is 5.11 Å². The van der Waals surface area contributed by atoms with E-state index in [2.05, 4.69) is 9.68 Å². The van der Waals surface area contributed by atoms with Crippen LogP contribution in [0.1, 0.15) is 10.5 Å². The van der Waals surface area contributed by atoms with Crippen molar-refractivity contribution < 1.29 is 23.2 Å². The van der Waals surface area contributed by atoms with Crippen molar-refractivity contribution in [2.75, 3.05) is 6.26 Å². The smallest absolute Gasteiger partial charge is 0.358 e. The Balaban J connectivity index is 2.50. The Morgan fingerprint density at radius 1 is 1.33 bits per heavy atom. The molecule has 0 bridgehead atoms. The molecule has 0 radical (unpaired) electrons. The number of hydrogen-bond acceptors (Lipinski definition) is 4. The summed E-state index contributed by atoms with van der Waals surface area (Å²) in [5.74, 6) is -2.73. The summed E-state index contributed by atoms with van der Waals surface area (Å²) in [4.78, 5) is 10.8. The normalized spacial score (nSPS) is 10.6. The quantitative estimate of drug-likeness (QED) is 0.869. The van der Waals surface area contributed by atoms with Crippen molar-refractivity contribution in [3.8, 4) is 11.3 Å². The van der Waals surface area contributed by atoms with Crippen molar-refractivity contribution in [3.05, 3.63) is 35.5 Å². The molecule has 0 amide bonds. The molecular weight excluding hydrogens is 264 g/mol. The molecule has 1 N–H and O–H groups in total. The maximum atomic E-state index is 13.7. The summed E-state index contributed by atoms with van der Waals surface area (Å²) in [6, 6.07) is 3.02. The predicted molar refractivity (Wildman–Crippen MR) is 60.6 cm³/mol. The molecule has 18 heavy (non-hydrogen) atoms. The van der Waals surface area contributed by atoms with Crippen LogP contribution in [0, 0.1) is 11.6 Å². The molecular formula is C11H7F2NO3S. The van der Waals surface area contributed by atoms with Crippen LogP contribution in [0.2, 0.25) is 0 Å². The highest BCUT2D eigenvalue weighted by Crippen LogP contribution is 2.29. The SMILES string of the molecule is CSc1cc(F)c(-c2cc(C(=O)O)no2)cc1F. The molecule has 0 atom stereocenters. The molecule has 4 nitrogen and oxygen atoms in total. The van der Waals surface area contributed by atoms with Crippen molar-refractivity contribution in [1.29, 1.82) is 0 Å².